The lowest BCUT2D eigenvalue weighted by Gasteiger charge is -2.14. The molecule has 4 aromatic rings. The van der Waals surface area contributed by atoms with Crippen molar-refractivity contribution in [3.05, 3.63) is 70.8 Å². The number of nitrogens with two attached hydrogens (primary N) is 1. The quantitative estimate of drug-likeness (QED) is 0.217. The molecule has 192 valence electrons. The zero-order valence-electron chi connectivity index (χ0n) is 19.0. The van der Waals surface area contributed by atoms with Crippen LogP contribution < -0.4 is 20.8 Å². The van der Waals surface area contributed by atoms with Gasteiger partial charge in [0, 0.05) is 48.0 Å². The van der Waals surface area contributed by atoms with Crippen LogP contribution in [0.5, 0.6) is 11.8 Å². The fourth-order valence-corrected chi connectivity index (χ4v) is 3.52. The molecule has 0 saturated carbocycles. The van der Waals surface area contributed by atoms with Crippen LogP contribution >= 0.6 is 0 Å². The smallest absolute Gasteiger partial charge is 0.422 e. The van der Waals surface area contributed by atoms with E-state index >= 15 is 0 Å². The van der Waals surface area contributed by atoms with Gasteiger partial charge in [0.25, 0.3) is 5.56 Å². The fourth-order valence-electron chi connectivity index (χ4n) is 3.52. The van der Waals surface area contributed by atoms with Crippen LogP contribution in [0.2, 0.25) is 0 Å². The number of benzene rings is 2. The molecule has 0 saturated heterocycles. The lowest BCUT2D eigenvalue weighted by Crippen LogP contribution is -2.22. The molecule has 0 unspecified atom stereocenters. The Kier molecular flexibility index (Phi) is 7.05. The van der Waals surface area contributed by atoms with E-state index in [1.165, 1.54) is 47.4 Å². The first-order chi connectivity index (χ1) is 17.6. The van der Waals surface area contributed by atoms with Crippen molar-refractivity contribution in [2.45, 2.75) is 12.8 Å². The fraction of sp³-hybridized carbons (Fsp3) is 0.167. The molecule has 0 spiro atoms. The van der Waals surface area contributed by atoms with Gasteiger partial charge in [0.2, 0.25) is 0 Å². The van der Waals surface area contributed by atoms with Gasteiger partial charge in [0.15, 0.2) is 6.61 Å². The van der Waals surface area contributed by atoms with Gasteiger partial charge in [-0.15, -0.1) is 0 Å². The molecular weight excluding hydrogens is 501 g/mol. The number of nitrogen functional groups attached to an aromatic ring is 1. The Morgan fingerprint density at radius 1 is 1.16 bits per heavy atom. The van der Waals surface area contributed by atoms with Crippen molar-refractivity contribution in [2.75, 3.05) is 19.4 Å². The molecule has 13 heteroatoms. The summed E-state index contributed by atoms with van der Waals surface area (Å²) in [5, 5.41) is 0.296. The van der Waals surface area contributed by atoms with Gasteiger partial charge in [0.05, 0.1) is 11.1 Å². The molecule has 0 aliphatic carbocycles. The molecule has 2 heterocycles. The summed E-state index contributed by atoms with van der Waals surface area (Å²) in [5.41, 5.74) is 6.98. The average molecular weight is 519 g/mol. The number of ether oxygens (including phenoxy) is 2. The van der Waals surface area contributed by atoms with Crippen molar-refractivity contribution in [2.24, 2.45) is 4.99 Å². The first-order valence-electron chi connectivity index (χ1n) is 10.5. The summed E-state index contributed by atoms with van der Waals surface area (Å²) < 4.78 is 73.3. The van der Waals surface area contributed by atoms with E-state index in [2.05, 4.69) is 24.4 Å². The number of alkyl halides is 5. The number of aromatic nitrogens is 3. The predicted octanol–water partition coefficient (Wildman–Crippen LogP) is 4.62. The summed E-state index contributed by atoms with van der Waals surface area (Å²) in [6.45, 7) is -4.68. The minimum atomic E-state index is -4.63. The van der Waals surface area contributed by atoms with Crippen LogP contribution in [0.1, 0.15) is 5.56 Å². The largest absolute Gasteiger partial charge is 0.454 e. The summed E-state index contributed by atoms with van der Waals surface area (Å²) in [7, 11) is 1.56. The van der Waals surface area contributed by atoms with Crippen LogP contribution in [-0.4, -0.2) is 47.2 Å². The third kappa shape index (κ3) is 5.82. The molecule has 0 aliphatic rings. The Labute approximate surface area is 205 Å². The zero-order chi connectivity index (χ0) is 26.7. The minimum absolute atomic E-state index is 0.00161. The number of pyridine rings is 1. The monoisotopic (exact) mass is 519 g/mol. The molecule has 2 aromatic heterocycles. The lowest BCUT2D eigenvalue weighted by atomic mass is 10.0. The maximum Gasteiger partial charge on any atom is 0.422 e. The van der Waals surface area contributed by atoms with E-state index in [-0.39, 0.29) is 22.4 Å². The molecule has 0 atom stereocenters. The molecule has 0 aliphatic heterocycles. The molecule has 0 radical (unpaired) electrons. The second-order valence-corrected chi connectivity index (χ2v) is 7.64. The van der Waals surface area contributed by atoms with Gasteiger partial charge in [-0.3, -0.25) is 14.4 Å². The molecule has 0 fully saturated rings. The Balaban J connectivity index is 1.93. The third-order valence-corrected chi connectivity index (χ3v) is 5.08. The Bertz CT molecular complexity index is 1520. The van der Waals surface area contributed by atoms with Crippen LogP contribution in [0.4, 0.5) is 27.6 Å². The molecule has 2 N–H and O–H groups in total. The molecule has 37 heavy (non-hydrogen) atoms. The number of fused-ring (bicyclic) bond motifs is 1. The van der Waals surface area contributed by atoms with Crippen molar-refractivity contribution in [3.63, 3.8) is 0 Å². The van der Waals surface area contributed by atoms with Gasteiger partial charge >= 0.3 is 18.8 Å². The Hall–Kier alpha value is -4.55. The predicted molar refractivity (Wildman–Crippen MR) is 127 cm³/mol. The first-order valence-corrected chi connectivity index (χ1v) is 10.5. The van der Waals surface area contributed by atoms with Gasteiger partial charge in [-0.25, -0.2) is 4.98 Å². The minimum Gasteiger partial charge on any atom is -0.454 e. The van der Waals surface area contributed by atoms with E-state index in [1.54, 1.807) is 25.2 Å². The topological polar surface area (TPSA) is 105 Å². The maximum absolute atomic E-state index is 13.7. The summed E-state index contributed by atoms with van der Waals surface area (Å²) in [6.07, 6.45) is -0.477. The standard InChI is InChI=1S/C24H18F5N5O3/c1-31-9-14-8-16(4-7-18(14)30)34-11-15-10-32-23(36-12-24(27,28)29)33-20(15)19(21(34)35)13-2-5-17(6-3-13)37-22(25)26/h2-11,22H,12,30H2,1H3. The van der Waals surface area contributed by atoms with Gasteiger partial charge in [-0.05, 0) is 35.9 Å². The highest BCUT2D eigenvalue weighted by molar-refractivity contribution is 5.93. The van der Waals surface area contributed by atoms with Crippen LogP contribution in [0.15, 0.2) is 64.6 Å². The molecule has 4 rings (SSSR count). The van der Waals surface area contributed by atoms with E-state index in [4.69, 9.17) is 5.73 Å². The van der Waals surface area contributed by atoms with E-state index < -0.39 is 31.0 Å². The number of anilines is 1. The van der Waals surface area contributed by atoms with Gasteiger partial charge in [-0.1, -0.05) is 12.1 Å². The number of aliphatic imine (C=N–C) groups is 1. The van der Waals surface area contributed by atoms with Crippen LogP contribution in [-0.2, 0) is 0 Å². The highest BCUT2D eigenvalue weighted by atomic mass is 19.4. The number of hydrogen-bond donors (Lipinski definition) is 1. The summed E-state index contributed by atoms with van der Waals surface area (Å²) >= 11 is 0. The van der Waals surface area contributed by atoms with Crippen molar-refractivity contribution < 1.29 is 31.4 Å². The second kappa shape index (κ2) is 10.2. The molecule has 0 amide bonds. The highest BCUT2D eigenvalue weighted by Crippen LogP contribution is 2.29. The molecule has 8 nitrogen and oxygen atoms in total. The molecular formula is C24H18F5N5O3. The van der Waals surface area contributed by atoms with Gasteiger partial charge in [0.1, 0.15) is 5.75 Å². The lowest BCUT2D eigenvalue weighted by molar-refractivity contribution is -0.154. The number of nitrogens with zero attached hydrogens (tertiary/aromatic N) is 4. The summed E-state index contributed by atoms with van der Waals surface area (Å²) in [6, 6.07) is 9.39. The second-order valence-electron chi connectivity index (χ2n) is 7.64. The van der Waals surface area contributed by atoms with Crippen LogP contribution in [0.25, 0.3) is 27.7 Å². The SMILES string of the molecule is CN=Cc1cc(-n2cc3cnc(OCC(F)(F)F)nc3c(-c3ccc(OC(F)F)cc3)c2=O)ccc1N. The van der Waals surface area contributed by atoms with Crippen LogP contribution in [0, 0.1) is 0 Å². The first kappa shape index (κ1) is 25.5. The van der Waals surface area contributed by atoms with E-state index in [9.17, 15) is 26.7 Å². The van der Waals surface area contributed by atoms with E-state index in [0.717, 1.165) is 0 Å². The number of rotatable bonds is 7. The molecule has 2 aromatic carbocycles. The third-order valence-electron chi connectivity index (χ3n) is 5.08. The highest BCUT2D eigenvalue weighted by Gasteiger charge is 2.29. The maximum atomic E-state index is 13.7. The summed E-state index contributed by atoms with van der Waals surface area (Å²) in [5.74, 6) is -0.148. The average Bonchev–Trinajstić information content (AvgIpc) is 2.84. The van der Waals surface area contributed by atoms with Crippen molar-refractivity contribution in [3.8, 4) is 28.6 Å². The van der Waals surface area contributed by atoms with Crippen LogP contribution in [0.3, 0.4) is 0 Å². The molecule has 0 bridgehead atoms. The zero-order valence-corrected chi connectivity index (χ0v) is 19.0. The Morgan fingerprint density at radius 2 is 1.89 bits per heavy atom. The van der Waals surface area contributed by atoms with Gasteiger partial charge < -0.3 is 15.2 Å². The van der Waals surface area contributed by atoms with Crippen molar-refractivity contribution in [1.29, 1.82) is 0 Å². The van der Waals surface area contributed by atoms with E-state index in [0.29, 0.717) is 22.3 Å². The number of hydrogen-bond acceptors (Lipinski definition) is 7. The summed E-state index contributed by atoms with van der Waals surface area (Å²) in [4.78, 5) is 25.5. The van der Waals surface area contributed by atoms with Gasteiger partial charge in [-0.2, -0.15) is 26.9 Å². The van der Waals surface area contributed by atoms with E-state index in [1.807, 2.05) is 0 Å². The Morgan fingerprint density at radius 3 is 2.54 bits per heavy atom. The number of halogens is 5. The van der Waals surface area contributed by atoms with Crippen molar-refractivity contribution in [1.82, 2.24) is 14.5 Å². The normalized spacial score (nSPS) is 12.0. The van der Waals surface area contributed by atoms with Crippen molar-refractivity contribution >= 4 is 22.8 Å².